The van der Waals surface area contributed by atoms with Crippen LogP contribution >= 0.6 is 0 Å². The molecule has 0 bridgehead atoms. The van der Waals surface area contributed by atoms with E-state index in [1.54, 1.807) is 10.4 Å². The minimum absolute atomic E-state index is 0.175. The number of carbonyl (C=O) groups is 1. The van der Waals surface area contributed by atoms with Crippen LogP contribution in [0.5, 0.6) is 0 Å². The molecular weight excluding hydrogens is 386 g/mol. The van der Waals surface area contributed by atoms with Crippen LogP contribution in [0.3, 0.4) is 0 Å². The second kappa shape index (κ2) is 8.74. The van der Waals surface area contributed by atoms with Gasteiger partial charge in [-0.2, -0.15) is 4.31 Å². The van der Waals surface area contributed by atoms with Crippen molar-refractivity contribution >= 4 is 15.9 Å². The Balaban J connectivity index is 1.63. The molecule has 2 aliphatic heterocycles. The second-order valence-electron chi connectivity index (χ2n) is 9.07. The fourth-order valence-electron chi connectivity index (χ4n) is 4.82. The number of aryl methyl sites for hydroxylation is 2. The van der Waals surface area contributed by atoms with Gasteiger partial charge in [0, 0.05) is 39.3 Å². The van der Waals surface area contributed by atoms with Crippen LogP contribution in [0.4, 0.5) is 0 Å². The standard InChI is InChI=1S/C22H35N3O3S/c1-16-6-7-21(19(4)13-16)29(27,28)25-10-8-23(9-11-25)20(5)22(26)24-14-17(2)12-18(3)15-24/h6-7,13,17-18,20H,8-12,14-15H2,1-5H3/t17-,18-,20-/m0/s1. The van der Waals surface area contributed by atoms with E-state index in [-0.39, 0.29) is 11.9 Å². The van der Waals surface area contributed by atoms with Crippen LogP contribution in [0.2, 0.25) is 0 Å². The topological polar surface area (TPSA) is 60.9 Å². The van der Waals surface area contributed by atoms with E-state index >= 15 is 0 Å². The lowest BCUT2D eigenvalue weighted by Crippen LogP contribution is -2.56. The lowest BCUT2D eigenvalue weighted by atomic mass is 9.91. The van der Waals surface area contributed by atoms with Crippen molar-refractivity contribution in [1.82, 2.24) is 14.1 Å². The van der Waals surface area contributed by atoms with Crippen molar-refractivity contribution in [2.45, 2.75) is 52.0 Å². The highest BCUT2D eigenvalue weighted by molar-refractivity contribution is 7.89. The molecule has 3 rings (SSSR count). The van der Waals surface area contributed by atoms with Crippen molar-refractivity contribution in [2.75, 3.05) is 39.3 Å². The van der Waals surface area contributed by atoms with Gasteiger partial charge in [-0.1, -0.05) is 31.5 Å². The van der Waals surface area contributed by atoms with Gasteiger partial charge in [-0.05, 0) is 50.7 Å². The maximum absolute atomic E-state index is 13.1. The van der Waals surface area contributed by atoms with Gasteiger partial charge in [0.1, 0.15) is 0 Å². The number of piperidine rings is 1. The van der Waals surface area contributed by atoms with E-state index in [9.17, 15) is 13.2 Å². The van der Waals surface area contributed by atoms with Crippen LogP contribution in [0.1, 0.15) is 38.3 Å². The molecule has 0 aliphatic carbocycles. The molecule has 0 N–H and O–H groups in total. The molecule has 162 valence electrons. The number of likely N-dealkylation sites (tertiary alicyclic amines) is 1. The van der Waals surface area contributed by atoms with E-state index in [2.05, 4.69) is 18.7 Å². The highest BCUT2D eigenvalue weighted by Crippen LogP contribution is 2.24. The van der Waals surface area contributed by atoms with Crippen molar-refractivity contribution in [1.29, 1.82) is 0 Å². The number of rotatable bonds is 4. The first-order chi connectivity index (χ1) is 13.6. The molecule has 0 aromatic heterocycles. The fourth-order valence-corrected chi connectivity index (χ4v) is 6.45. The number of sulfonamides is 1. The molecule has 6 nitrogen and oxygen atoms in total. The highest BCUT2D eigenvalue weighted by Gasteiger charge is 2.35. The molecule has 7 heteroatoms. The van der Waals surface area contributed by atoms with Crippen LogP contribution in [-0.2, 0) is 14.8 Å². The first-order valence-electron chi connectivity index (χ1n) is 10.7. The summed E-state index contributed by atoms with van der Waals surface area (Å²) >= 11 is 0. The van der Waals surface area contributed by atoms with E-state index in [0.717, 1.165) is 24.2 Å². The lowest BCUT2D eigenvalue weighted by Gasteiger charge is -2.41. The van der Waals surface area contributed by atoms with Gasteiger partial charge in [0.05, 0.1) is 10.9 Å². The van der Waals surface area contributed by atoms with Crippen LogP contribution in [-0.4, -0.2) is 73.7 Å². The summed E-state index contributed by atoms with van der Waals surface area (Å²) in [5.74, 6) is 1.25. The number of benzene rings is 1. The largest absolute Gasteiger partial charge is 0.341 e. The van der Waals surface area contributed by atoms with Gasteiger partial charge in [0.25, 0.3) is 0 Å². The summed E-state index contributed by atoms with van der Waals surface area (Å²) in [6.07, 6.45) is 1.17. The Bertz CT molecular complexity index is 837. The SMILES string of the molecule is Cc1ccc(S(=O)(=O)N2CCN([C@@H](C)C(=O)N3C[C@@H](C)C[C@H](C)C3)CC2)c(C)c1. The summed E-state index contributed by atoms with van der Waals surface area (Å²) in [4.78, 5) is 17.5. The molecule has 29 heavy (non-hydrogen) atoms. The molecular formula is C22H35N3O3S. The van der Waals surface area contributed by atoms with Gasteiger partial charge in [0.15, 0.2) is 0 Å². The zero-order valence-corrected chi connectivity index (χ0v) is 19.2. The first-order valence-corrected chi connectivity index (χ1v) is 12.1. The summed E-state index contributed by atoms with van der Waals surface area (Å²) < 4.78 is 27.7. The molecule has 1 amide bonds. The monoisotopic (exact) mass is 421 g/mol. The van der Waals surface area contributed by atoms with Crippen LogP contribution in [0.15, 0.2) is 23.1 Å². The molecule has 1 aromatic carbocycles. The zero-order valence-electron chi connectivity index (χ0n) is 18.4. The maximum Gasteiger partial charge on any atom is 0.243 e. The molecule has 1 aromatic rings. The lowest BCUT2D eigenvalue weighted by molar-refractivity contribution is -0.139. The third kappa shape index (κ3) is 4.84. The minimum Gasteiger partial charge on any atom is -0.341 e. The highest BCUT2D eigenvalue weighted by atomic mass is 32.2. The Morgan fingerprint density at radius 1 is 1.03 bits per heavy atom. The molecule has 3 atom stereocenters. The van der Waals surface area contributed by atoms with Gasteiger partial charge in [-0.25, -0.2) is 8.42 Å². The van der Waals surface area contributed by atoms with Crippen molar-refractivity contribution in [3.63, 3.8) is 0 Å². The zero-order chi connectivity index (χ0) is 21.3. The predicted octanol–water partition coefficient (Wildman–Crippen LogP) is 2.50. The molecule has 2 fully saturated rings. The number of amides is 1. The van der Waals surface area contributed by atoms with E-state index in [1.165, 1.54) is 6.42 Å². The number of nitrogens with zero attached hydrogens (tertiary/aromatic N) is 3. The van der Waals surface area contributed by atoms with E-state index in [1.807, 2.05) is 37.8 Å². The third-order valence-electron chi connectivity index (χ3n) is 6.31. The molecule has 0 spiro atoms. The minimum atomic E-state index is -3.50. The van der Waals surface area contributed by atoms with Gasteiger partial charge in [-0.3, -0.25) is 9.69 Å². The molecule has 0 saturated carbocycles. The summed E-state index contributed by atoms with van der Waals surface area (Å²) in [6, 6.07) is 5.25. The molecule has 2 saturated heterocycles. The molecule has 0 unspecified atom stereocenters. The average Bonchev–Trinajstić information content (AvgIpc) is 2.66. The van der Waals surface area contributed by atoms with Crippen molar-refractivity contribution in [3.05, 3.63) is 29.3 Å². The van der Waals surface area contributed by atoms with Crippen molar-refractivity contribution in [2.24, 2.45) is 11.8 Å². The van der Waals surface area contributed by atoms with Gasteiger partial charge >= 0.3 is 0 Å². The summed E-state index contributed by atoms with van der Waals surface area (Å²) in [5.41, 5.74) is 1.84. The predicted molar refractivity (Wildman–Crippen MR) is 115 cm³/mol. The number of hydrogen-bond acceptors (Lipinski definition) is 4. The normalized spacial score (nSPS) is 25.8. The number of piperazine rings is 1. The Morgan fingerprint density at radius 3 is 2.17 bits per heavy atom. The van der Waals surface area contributed by atoms with Crippen LogP contribution < -0.4 is 0 Å². The summed E-state index contributed by atoms with van der Waals surface area (Å²) in [5, 5.41) is 0. The maximum atomic E-state index is 13.1. The first kappa shape index (κ1) is 22.2. The van der Waals surface area contributed by atoms with E-state index < -0.39 is 10.0 Å². The number of carbonyl (C=O) groups excluding carboxylic acids is 1. The molecule has 0 radical (unpaired) electrons. The third-order valence-corrected chi connectivity index (χ3v) is 8.37. The summed E-state index contributed by atoms with van der Waals surface area (Å²) in [6.45, 7) is 13.8. The van der Waals surface area contributed by atoms with Gasteiger partial charge in [-0.15, -0.1) is 0 Å². The van der Waals surface area contributed by atoms with Gasteiger partial charge in [0.2, 0.25) is 15.9 Å². The number of hydrogen-bond donors (Lipinski definition) is 0. The summed E-state index contributed by atoms with van der Waals surface area (Å²) in [7, 11) is -3.50. The van der Waals surface area contributed by atoms with Crippen LogP contribution in [0, 0.1) is 25.7 Å². The molecule has 2 heterocycles. The van der Waals surface area contributed by atoms with Gasteiger partial charge < -0.3 is 4.90 Å². The quantitative estimate of drug-likeness (QED) is 0.749. The Morgan fingerprint density at radius 2 is 1.62 bits per heavy atom. The Kier molecular flexibility index (Phi) is 6.70. The Labute approximate surface area is 175 Å². The average molecular weight is 422 g/mol. The second-order valence-corrected chi connectivity index (χ2v) is 11.0. The van der Waals surface area contributed by atoms with Crippen molar-refractivity contribution < 1.29 is 13.2 Å². The van der Waals surface area contributed by atoms with Crippen LogP contribution in [0.25, 0.3) is 0 Å². The van der Waals surface area contributed by atoms with E-state index in [4.69, 9.17) is 0 Å². The van der Waals surface area contributed by atoms with Crippen molar-refractivity contribution in [3.8, 4) is 0 Å². The smallest absolute Gasteiger partial charge is 0.243 e. The van der Waals surface area contributed by atoms with E-state index in [0.29, 0.717) is 42.9 Å². The fraction of sp³-hybridized carbons (Fsp3) is 0.682. The Hall–Kier alpha value is -1.44. The molecule has 2 aliphatic rings.